The maximum absolute atomic E-state index is 11.8. The number of hydrogen-bond acceptors (Lipinski definition) is 3. The van der Waals surface area contributed by atoms with Crippen LogP contribution in [0.15, 0.2) is 0 Å². The van der Waals surface area contributed by atoms with Gasteiger partial charge in [-0.25, -0.2) is 0 Å². The first-order chi connectivity index (χ1) is 3.81. The van der Waals surface area contributed by atoms with E-state index in [1.807, 2.05) is 0 Å². The average Bonchev–Trinajstić information content (AvgIpc) is 1.64. The molecule has 0 aliphatic heterocycles. The van der Waals surface area contributed by atoms with Gasteiger partial charge in [0.2, 0.25) is 0 Å². The van der Waals surface area contributed by atoms with Gasteiger partial charge >= 0.3 is 64.8 Å². The normalized spacial score (nSPS) is 11.5. The molecule has 0 radical (unpaired) electrons. The number of hydrogen-bond donors (Lipinski definition) is 0. The fourth-order valence-electron chi connectivity index (χ4n) is 0.194. The molecule has 0 amide bonds. The predicted molar refractivity (Wildman–Crippen MR) is 22.2 cm³/mol. The van der Waals surface area contributed by atoms with Crippen molar-refractivity contribution in [2.75, 3.05) is 0 Å². The molecule has 0 unspecified atom stereocenters. The van der Waals surface area contributed by atoms with Crippen molar-refractivity contribution < 1.29 is 82.6 Å². The summed E-state index contributed by atoms with van der Waals surface area (Å²) in [6, 6.07) is 0. The van der Waals surface area contributed by atoms with Gasteiger partial charge in [0, 0.05) is 6.42 Å². The first kappa shape index (κ1) is 18.9. The zero-order chi connectivity index (χ0) is 7.71. The van der Waals surface area contributed by atoms with Crippen molar-refractivity contribution in [3.8, 4) is 0 Å². The second-order valence-electron chi connectivity index (χ2n) is 1.52. The zero-order valence-electron chi connectivity index (χ0n) is 6.63. The van der Waals surface area contributed by atoms with E-state index in [1.54, 1.807) is 0 Å². The minimum atomic E-state index is -5.70. The molecule has 0 saturated heterocycles. The van der Waals surface area contributed by atoms with E-state index in [-0.39, 0.29) is 59.1 Å². The molecule has 8 heteroatoms. The second-order valence-corrected chi connectivity index (χ2v) is 3.17. The Morgan fingerprint density at radius 1 is 1.18 bits per heavy atom. The summed E-state index contributed by atoms with van der Waals surface area (Å²) in [6.45, 7) is 0.933. The van der Waals surface area contributed by atoms with E-state index in [4.69, 9.17) is 0 Å². The Hall–Kier alpha value is 2.17. The molecule has 0 aliphatic rings. The molecule has 0 fully saturated rings. The van der Waals surface area contributed by atoms with Gasteiger partial charge in [-0.15, -0.1) is 0 Å². The molecule has 56 valence electrons. The van der Waals surface area contributed by atoms with Crippen LogP contribution in [-0.4, -0.2) is 5.66 Å². The van der Waals surface area contributed by atoms with Crippen molar-refractivity contribution in [1.29, 1.82) is 0 Å². The van der Waals surface area contributed by atoms with Gasteiger partial charge in [0.15, 0.2) is 0 Å². The first-order valence-electron chi connectivity index (χ1n) is 2.21. The SMILES string of the molecule is CCC(F)(F)[P+]([O-])([O-])[O-].[Na+].[Na+]. The van der Waals surface area contributed by atoms with E-state index >= 15 is 0 Å². The summed E-state index contributed by atoms with van der Waals surface area (Å²) in [5.41, 5.74) is -4.08. The molecular formula is C3H5F2Na2O3P. The van der Waals surface area contributed by atoms with Gasteiger partial charge in [0.1, 0.15) is 0 Å². The van der Waals surface area contributed by atoms with Crippen LogP contribution in [0.3, 0.4) is 0 Å². The maximum Gasteiger partial charge on any atom is 1.00 e. The molecule has 11 heavy (non-hydrogen) atoms. The van der Waals surface area contributed by atoms with Crippen LogP contribution in [0.2, 0.25) is 0 Å². The largest absolute Gasteiger partial charge is 1.00 e. The number of rotatable bonds is 2. The molecular weight excluding hydrogens is 199 g/mol. The standard InChI is InChI=1S/C3H7F2O3P.2Na/c1-2-3(4,5)9(6,7)8;;/h2H2,1H3,(H2,6,7,8);;/q;2*+1/p-2. The van der Waals surface area contributed by atoms with Gasteiger partial charge in [0.25, 0.3) is 0 Å². The van der Waals surface area contributed by atoms with Crippen LogP contribution in [0.4, 0.5) is 8.78 Å². The van der Waals surface area contributed by atoms with Crippen LogP contribution in [0, 0.1) is 0 Å². The molecule has 0 rings (SSSR count). The smallest absolute Gasteiger partial charge is 0.683 e. The minimum absolute atomic E-state index is 0. The molecule has 0 aliphatic carbocycles. The third kappa shape index (κ3) is 6.27. The molecule has 0 saturated carbocycles. The van der Waals surface area contributed by atoms with Crippen molar-refractivity contribution in [3.05, 3.63) is 0 Å². The Balaban J connectivity index is -0.000000320. The quantitative estimate of drug-likeness (QED) is 0.331. The number of alkyl halides is 2. The Kier molecular flexibility index (Phi) is 11.3. The Morgan fingerprint density at radius 3 is 1.45 bits per heavy atom. The first-order valence-corrected chi connectivity index (χ1v) is 3.75. The molecule has 0 N–H and O–H groups in total. The van der Waals surface area contributed by atoms with E-state index < -0.39 is 20.0 Å². The molecule has 0 aromatic carbocycles. The van der Waals surface area contributed by atoms with Crippen LogP contribution in [0.1, 0.15) is 13.3 Å². The summed E-state index contributed by atoms with van der Waals surface area (Å²) in [5, 5.41) is 0. The Morgan fingerprint density at radius 2 is 1.45 bits per heavy atom. The van der Waals surface area contributed by atoms with Crippen LogP contribution >= 0.6 is 7.94 Å². The van der Waals surface area contributed by atoms with E-state index in [0.29, 0.717) is 0 Å². The van der Waals surface area contributed by atoms with Crippen LogP contribution < -0.4 is 73.8 Å². The van der Waals surface area contributed by atoms with E-state index in [0.717, 1.165) is 6.92 Å². The summed E-state index contributed by atoms with van der Waals surface area (Å²) in [5.74, 6) is 0. The second kappa shape index (κ2) is 6.60. The van der Waals surface area contributed by atoms with Gasteiger partial charge < -0.3 is 14.7 Å². The summed E-state index contributed by atoms with van der Waals surface area (Å²) in [6.07, 6.45) is -0.961. The molecule has 0 aromatic rings. The maximum atomic E-state index is 11.8. The predicted octanol–water partition coefficient (Wildman–Crippen LogP) is -7.16. The molecule has 0 aromatic heterocycles. The molecule has 0 bridgehead atoms. The Bertz CT molecular complexity index is 107. The topological polar surface area (TPSA) is 69.2 Å². The van der Waals surface area contributed by atoms with Crippen molar-refractivity contribution in [3.63, 3.8) is 0 Å². The van der Waals surface area contributed by atoms with Crippen molar-refractivity contribution in [2.24, 2.45) is 0 Å². The summed E-state index contributed by atoms with van der Waals surface area (Å²) in [7, 11) is -5.70. The fraction of sp³-hybridized carbons (Fsp3) is 1.00. The fourth-order valence-corrected chi connectivity index (χ4v) is 0.581. The van der Waals surface area contributed by atoms with Gasteiger partial charge in [0.05, 0.1) is 0 Å². The van der Waals surface area contributed by atoms with Gasteiger partial charge in [-0.1, -0.05) is 14.9 Å². The molecule has 3 nitrogen and oxygen atoms in total. The molecule has 0 heterocycles. The van der Waals surface area contributed by atoms with Crippen molar-refractivity contribution in [2.45, 2.75) is 19.0 Å². The Labute approximate surface area is 108 Å². The summed E-state index contributed by atoms with van der Waals surface area (Å²) < 4.78 is 23.5. The number of halogens is 2. The monoisotopic (exact) mass is 204 g/mol. The third-order valence-corrected chi connectivity index (χ3v) is 1.94. The van der Waals surface area contributed by atoms with E-state index in [9.17, 15) is 23.5 Å². The van der Waals surface area contributed by atoms with Gasteiger partial charge in [-0.2, -0.15) is 8.78 Å². The van der Waals surface area contributed by atoms with Gasteiger partial charge in [-0.3, -0.25) is 0 Å². The van der Waals surface area contributed by atoms with E-state index in [2.05, 4.69) is 0 Å². The van der Waals surface area contributed by atoms with Crippen LogP contribution in [-0.2, 0) is 0 Å². The third-order valence-electron chi connectivity index (χ3n) is 0.826. The minimum Gasteiger partial charge on any atom is -0.683 e. The zero-order valence-corrected chi connectivity index (χ0v) is 11.5. The van der Waals surface area contributed by atoms with Crippen LogP contribution in [0.25, 0.3) is 0 Å². The van der Waals surface area contributed by atoms with Crippen molar-refractivity contribution in [1.82, 2.24) is 0 Å². The molecule has 0 spiro atoms. The van der Waals surface area contributed by atoms with Gasteiger partial charge in [-0.05, 0) is 0 Å². The summed E-state index contributed by atoms with van der Waals surface area (Å²) >= 11 is 0. The summed E-state index contributed by atoms with van der Waals surface area (Å²) in [4.78, 5) is 28.8. The van der Waals surface area contributed by atoms with E-state index in [1.165, 1.54) is 0 Å². The average molecular weight is 204 g/mol. The molecule has 0 atom stereocenters. The van der Waals surface area contributed by atoms with Crippen LogP contribution in [0.5, 0.6) is 0 Å². The van der Waals surface area contributed by atoms with Crippen molar-refractivity contribution >= 4 is 7.94 Å².